The zero-order valence-electron chi connectivity index (χ0n) is 43.6. The fourth-order valence-electron chi connectivity index (χ4n) is 9.15. The van der Waals surface area contributed by atoms with Gasteiger partial charge in [0, 0.05) is 6.42 Å². The number of aliphatic hydroxyl groups excluding tert-OH is 2. The molecular formula is C60H115NO3. The summed E-state index contributed by atoms with van der Waals surface area (Å²) in [5.41, 5.74) is 0. The van der Waals surface area contributed by atoms with Gasteiger partial charge in [-0.1, -0.05) is 301 Å². The summed E-state index contributed by atoms with van der Waals surface area (Å²) in [7, 11) is 0. The molecule has 0 aromatic carbocycles. The number of amides is 1. The Morgan fingerprint density at radius 1 is 0.375 bits per heavy atom. The van der Waals surface area contributed by atoms with E-state index in [1.807, 2.05) is 6.08 Å². The van der Waals surface area contributed by atoms with Crippen LogP contribution in [0.5, 0.6) is 0 Å². The minimum atomic E-state index is -0.836. The van der Waals surface area contributed by atoms with Crippen molar-refractivity contribution < 1.29 is 15.0 Å². The van der Waals surface area contributed by atoms with Crippen LogP contribution in [0, 0.1) is 0 Å². The minimum absolute atomic E-state index is 0.0583. The highest BCUT2D eigenvalue weighted by Crippen LogP contribution is 2.17. The molecule has 0 aromatic rings. The number of hydrogen-bond donors (Lipinski definition) is 3. The first-order valence-corrected chi connectivity index (χ1v) is 29.2. The van der Waals surface area contributed by atoms with E-state index in [1.165, 1.54) is 270 Å². The van der Waals surface area contributed by atoms with Gasteiger partial charge in [0.2, 0.25) is 5.91 Å². The average molecular weight is 899 g/mol. The zero-order valence-corrected chi connectivity index (χ0v) is 43.6. The number of aliphatic hydroxyl groups is 2. The van der Waals surface area contributed by atoms with Crippen LogP contribution in [-0.2, 0) is 4.79 Å². The van der Waals surface area contributed by atoms with Crippen LogP contribution in [0.25, 0.3) is 0 Å². The highest BCUT2D eigenvalue weighted by atomic mass is 16.3. The number of hydrogen-bond acceptors (Lipinski definition) is 3. The maximum Gasteiger partial charge on any atom is 0.220 e. The Morgan fingerprint density at radius 2 is 0.641 bits per heavy atom. The first kappa shape index (κ1) is 62.6. The van der Waals surface area contributed by atoms with E-state index in [-0.39, 0.29) is 12.5 Å². The molecule has 378 valence electrons. The zero-order chi connectivity index (χ0) is 46.3. The smallest absolute Gasteiger partial charge is 0.220 e. The van der Waals surface area contributed by atoms with Crippen LogP contribution in [0.3, 0.4) is 0 Å². The molecule has 0 fully saturated rings. The van der Waals surface area contributed by atoms with Crippen molar-refractivity contribution in [3.05, 3.63) is 36.5 Å². The average Bonchev–Trinajstić information content (AvgIpc) is 3.30. The second-order valence-electron chi connectivity index (χ2n) is 20.1. The molecule has 0 saturated heterocycles. The molecule has 0 spiro atoms. The second-order valence-corrected chi connectivity index (χ2v) is 20.1. The van der Waals surface area contributed by atoms with Crippen LogP contribution >= 0.6 is 0 Å². The fourth-order valence-corrected chi connectivity index (χ4v) is 9.15. The Labute approximate surface area is 402 Å². The van der Waals surface area contributed by atoms with Crippen molar-refractivity contribution in [1.82, 2.24) is 5.32 Å². The van der Waals surface area contributed by atoms with Crippen molar-refractivity contribution in [3.63, 3.8) is 0 Å². The van der Waals surface area contributed by atoms with Crippen LogP contribution < -0.4 is 5.32 Å². The third kappa shape index (κ3) is 51.6. The Bertz CT molecular complexity index is 974. The highest BCUT2D eigenvalue weighted by Gasteiger charge is 2.18. The molecule has 0 radical (unpaired) electrons. The molecule has 0 aliphatic rings. The standard InChI is InChI=1S/C60H115NO3/c1-3-5-7-9-11-13-15-17-19-20-21-22-23-24-25-26-27-28-29-30-31-32-33-34-35-36-37-38-39-40-42-44-46-48-50-52-54-56-60(64)61-58(57-62)59(63)55-53-51-49-47-45-43-41-18-16-14-12-10-8-6-4-2/h15,17,20-21,53,55,58-59,62-63H,3-14,16,18-19,22-52,54,56-57H2,1-2H3,(H,61,64)/b17-15-,21-20-,55-53+. The molecule has 4 heteroatoms. The molecular weight excluding hydrogens is 783 g/mol. The maximum atomic E-state index is 12.5. The van der Waals surface area contributed by atoms with Gasteiger partial charge in [-0.15, -0.1) is 0 Å². The van der Waals surface area contributed by atoms with Gasteiger partial charge in [-0.2, -0.15) is 0 Å². The van der Waals surface area contributed by atoms with Gasteiger partial charge in [-0.3, -0.25) is 4.79 Å². The molecule has 64 heavy (non-hydrogen) atoms. The van der Waals surface area contributed by atoms with Gasteiger partial charge in [-0.25, -0.2) is 0 Å². The number of nitrogens with one attached hydrogen (secondary N) is 1. The second kappa shape index (κ2) is 55.9. The van der Waals surface area contributed by atoms with E-state index in [2.05, 4.69) is 43.5 Å². The lowest BCUT2D eigenvalue weighted by atomic mass is 10.0. The van der Waals surface area contributed by atoms with Gasteiger partial charge in [0.25, 0.3) is 0 Å². The summed E-state index contributed by atoms with van der Waals surface area (Å²) in [6.07, 6.45) is 76.1. The van der Waals surface area contributed by atoms with Crippen molar-refractivity contribution in [2.75, 3.05) is 6.61 Å². The van der Waals surface area contributed by atoms with Crippen LogP contribution in [0.15, 0.2) is 36.5 Å². The van der Waals surface area contributed by atoms with Crippen LogP contribution in [0.1, 0.15) is 322 Å². The largest absolute Gasteiger partial charge is 0.394 e. The van der Waals surface area contributed by atoms with Gasteiger partial charge in [-0.05, 0) is 51.4 Å². The third-order valence-electron chi connectivity index (χ3n) is 13.6. The summed E-state index contributed by atoms with van der Waals surface area (Å²) >= 11 is 0. The van der Waals surface area contributed by atoms with Gasteiger partial charge in [0.05, 0.1) is 18.8 Å². The van der Waals surface area contributed by atoms with E-state index in [1.54, 1.807) is 6.08 Å². The predicted molar refractivity (Wildman–Crippen MR) is 285 cm³/mol. The van der Waals surface area contributed by atoms with Gasteiger partial charge in [0.1, 0.15) is 0 Å². The molecule has 3 N–H and O–H groups in total. The number of carbonyl (C=O) groups is 1. The number of rotatable bonds is 54. The molecule has 2 unspecified atom stereocenters. The molecule has 0 saturated carbocycles. The molecule has 4 nitrogen and oxygen atoms in total. The summed E-state index contributed by atoms with van der Waals surface area (Å²) in [6.45, 7) is 4.32. The molecule has 2 atom stereocenters. The maximum absolute atomic E-state index is 12.5. The van der Waals surface area contributed by atoms with Crippen molar-refractivity contribution in [2.45, 2.75) is 334 Å². The topological polar surface area (TPSA) is 69.6 Å². The van der Waals surface area contributed by atoms with Gasteiger partial charge >= 0.3 is 0 Å². The first-order chi connectivity index (χ1) is 31.7. The van der Waals surface area contributed by atoms with E-state index < -0.39 is 12.1 Å². The molecule has 0 bridgehead atoms. The summed E-state index contributed by atoms with van der Waals surface area (Å²) in [5, 5.41) is 23.1. The Morgan fingerprint density at radius 3 is 0.938 bits per heavy atom. The molecule has 0 aliphatic carbocycles. The molecule has 1 amide bonds. The number of allylic oxidation sites excluding steroid dienone is 5. The summed E-state index contributed by atoms with van der Waals surface area (Å²) in [6, 6.07) is -0.619. The highest BCUT2D eigenvalue weighted by molar-refractivity contribution is 5.76. The molecule has 0 rings (SSSR count). The summed E-state index contributed by atoms with van der Waals surface area (Å²) < 4.78 is 0. The summed E-state index contributed by atoms with van der Waals surface area (Å²) in [5.74, 6) is -0.0583. The Hall–Kier alpha value is -1.39. The summed E-state index contributed by atoms with van der Waals surface area (Å²) in [4.78, 5) is 12.5. The third-order valence-corrected chi connectivity index (χ3v) is 13.6. The predicted octanol–water partition coefficient (Wildman–Crippen LogP) is 19.3. The van der Waals surface area contributed by atoms with Crippen molar-refractivity contribution in [1.29, 1.82) is 0 Å². The van der Waals surface area contributed by atoms with Crippen molar-refractivity contribution in [3.8, 4) is 0 Å². The quantitative estimate of drug-likeness (QED) is 0.0421. The lowest BCUT2D eigenvalue weighted by Gasteiger charge is -2.20. The van der Waals surface area contributed by atoms with E-state index in [0.717, 1.165) is 32.1 Å². The van der Waals surface area contributed by atoms with E-state index >= 15 is 0 Å². The molecule has 0 heterocycles. The van der Waals surface area contributed by atoms with Gasteiger partial charge in [0.15, 0.2) is 0 Å². The van der Waals surface area contributed by atoms with E-state index in [4.69, 9.17) is 0 Å². The Balaban J connectivity index is 3.39. The van der Waals surface area contributed by atoms with Gasteiger partial charge < -0.3 is 15.5 Å². The number of unbranched alkanes of at least 4 members (excludes halogenated alkanes) is 43. The first-order valence-electron chi connectivity index (χ1n) is 29.2. The monoisotopic (exact) mass is 898 g/mol. The molecule has 0 aromatic heterocycles. The van der Waals surface area contributed by atoms with Crippen LogP contribution in [0.4, 0.5) is 0 Å². The lowest BCUT2D eigenvalue weighted by Crippen LogP contribution is -2.45. The van der Waals surface area contributed by atoms with Crippen LogP contribution in [-0.4, -0.2) is 34.9 Å². The fraction of sp³-hybridized carbons (Fsp3) is 0.883. The van der Waals surface area contributed by atoms with Crippen LogP contribution in [0.2, 0.25) is 0 Å². The van der Waals surface area contributed by atoms with Crippen molar-refractivity contribution >= 4 is 5.91 Å². The van der Waals surface area contributed by atoms with E-state index in [0.29, 0.717) is 6.42 Å². The minimum Gasteiger partial charge on any atom is -0.394 e. The van der Waals surface area contributed by atoms with E-state index in [9.17, 15) is 15.0 Å². The normalized spacial score (nSPS) is 13.0. The number of carbonyl (C=O) groups excluding carboxylic acids is 1. The lowest BCUT2D eigenvalue weighted by molar-refractivity contribution is -0.123. The Kier molecular flexibility index (Phi) is 54.7. The molecule has 0 aliphatic heterocycles. The SMILES string of the molecule is CCCCCCC/C=C\C/C=C\CCCCCCCCCCCCCCCCCCCCCCCCCCCC(=O)NC(CO)C(O)/C=C/CCCCCCCCCCCCCCC. The van der Waals surface area contributed by atoms with Crippen molar-refractivity contribution in [2.24, 2.45) is 0 Å².